The van der Waals surface area contributed by atoms with Crippen molar-refractivity contribution in [1.29, 1.82) is 0 Å². The number of aryl methyl sites for hydroxylation is 1. The molecule has 126 valence electrons. The van der Waals surface area contributed by atoms with Gasteiger partial charge in [-0.05, 0) is 56.7 Å². The van der Waals surface area contributed by atoms with E-state index in [9.17, 15) is 9.59 Å². The molecule has 6 heteroatoms. The highest BCUT2D eigenvalue weighted by Crippen LogP contribution is 2.20. The number of benzene rings is 1. The fourth-order valence-corrected chi connectivity index (χ4v) is 2.55. The van der Waals surface area contributed by atoms with Gasteiger partial charge < -0.3 is 10.2 Å². The molecule has 24 heavy (non-hydrogen) atoms. The van der Waals surface area contributed by atoms with Crippen molar-refractivity contribution in [1.82, 2.24) is 9.88 Å². The Balaban J connectivity index is 2.21. The number of pyridine rings is 1. The van der Waals surface area contributed by atoms with Crippen LogP contribution in [0.25, 0.3) is 0 Å². The topological polar surface area (TPSA) is 62.3 Å². The zero-order chi connectivity index (χ0) is 17.7. The summed E-state index contributed by atoms with van der Waals surface area (Å²) < 4.78 is 0. The number of hydrogen-bond donors (Lipinski definition) is 1. The van der Waals surface area contributed by atoms with Crippen LogP contribution >= 0.6 is 11.6 Å². The number of hydrogen-bond acceptors (Lipinski definition) is 3. The molecular formula is C18H20ClN3O2. The van der Waals surface area contributed by atoms with E-state index >= 15 is 0 Å². The summed E-state index contributed by atoms with van der Waals surface area (Å²) >= 11 is 5.92. The zero-order valence-electron chi connectivity index (χ0n) is 14.0. The van der Waals surface area contributed by atoms with Gasteiger partial charge in [0.05, 0.1) is 0 Å². The van der Waals surface area contributed by atoms with E-state index in [0.717, 1.165) is 5.56 Å². The van der Waals surface area contributed by atoms with Crippen molar-refractivity contribution < 1.29 is 9.59 Å². The molecule has 2 aromatic rings. The molecule has 1 aromatic carbocycles. The molecule has 0 radical (unpaired) electrons. The first-order chi connectivity index (χ1) is 11.5. The van der Waals surface area contributed by atoms with Crippen LogP contribution in [0.3, 0.4) is 0 Å². The summed E-state index contributed by atoms with van der Waals surface area (Å²) in [6.45, 7) is 6.86. The van der Waals surface area contributed by atoms with E-state index < -0.39 is 0 Å². The number of halogens is 1. The Hall–Kier alpha value is -2.40. The van der Waals surface area contributed by atoms with Crippen molar-refractivity contribution in [2.24, 2.45) is 0 Å². The molecule has 0 saturated carbocycles. The minimum Gasteiger partial charge on any atom is -0.338 e. The fourth-order valence-electron chi connectivity index (χ4n) is 2.32. The second-order valence-corrected chi connectivity index (χ2v) is 5.76. The third-order valence-corrected chi connectivity index (χ3v) is 3.96. The first-order valence-corrected chi connectivity index (χ1v) is 8.16. The van der Waals surface area contributed by atoms with Crippen LogP contribution in [0, 0.1) is 6.92 Å². The van der Waals surface area contributed by atoms with Crippen LogP contribution in [0.5, 0.6) is 0 Å². The first-order valence-electron chi connectivity index (χ1n) is 7.79. The third-order valence-electron chi connectivity index (χ3n) is 3.73. The SMILES string of the molecule is CCN(CC)C(=O)c1cc(C(=O)Nc2ccc(Cl)cc2C)ccn1. The number of rotatable bonds is 5. The van der Waals surface area contributed by atoms with Crippen LogP contribution in [-0.4, -0.2) is 34.8 Å². The number of carbonyl (C=O) groups excluding carboxylic acids is 2. The van der Waals surface area contributed by atoms with E-state index in [0.29, 0.717) is 29.4 Å². The summed E-state index contributed by atoms with van der Waals surface area (Å²) in [4.78, 5) is 30.5. The number of aromatic nitrogens is 1. The summed E-state index contributed by atoms with van der Waals surface area (Å²) in [5.41, 5.74) is 2.19. The molecule has 5 nitrogen and oxygen atoms in total. The zero-order valence-corrected chi connectivity index (χ0v) is 14.7. The minimum atomic E-state index is -0.295. The second kappa shape index (κ2) is 7.93. The van der Waals surface area contributed by atoms with Gasteiger partial charge in [0, 0.05) is 35.6 Å². The minimum absolute atomic E-state index is 0.183. The molecule has 1 aromatic heterocycles. The summed E-state index contributed by atoms with van der Waals surface area (Å²) in [5, 5.41) is 3.44. The van der Waals surface area contributed by atoms with E-state index in [-0.39, 0.29) is 17.5 Å². The van der Waals surface area contributed by atoms with Crippen molar-refractivity contribution in [3.8, 4) is 0 Å². The molecule has 0 aliphatic heterocycles. The molecule has 0 aliphatic rings. The van der Waals surface area contributed by atoms with Gasteiger partial charge >= 0.3 is 0 Å². The van der Waals surface area contributed by atoms with Crippen molar-refractivity contribution >= 4 is 29.1 Å². The monoisotopic (exact) mass is 345 g/mol. The van der Waals surface area contributed by atoms with Gasteiger partial charge in [-0.25, -0.2) is 0 Å². The van der Waals surface area contributed by atoms with Crippen LogP contribution in [0.15, 0.2) is 36.5 Å². The standard InChI is InChI=1S/C18H20ClN3O2/c1-4-22(5-2)18(24)16-11-13(8-9-20-16)17(23)21-15-7-6-14(19)10-12(15)3/h6-11H,4-5H2,1-3H3,(H,21,23). The van der Waals surface area contributed by atoms with Gasteiger partial charge in [-0.3, -0.25) is 14.6 Å². The Morgan fingerprint density at radius 3 is 2.50 bits per heavy atom. The maximum Gasteiger partial charge on any atom is 0.272 e. The largest absolute Gasteiger partial charge is 0.338 e. The van der Waals surface area contributed by atoms with Crippen molar-refractivity contribution in [2.45, 2.75) is 20.8 Å². The highest BCUT2D eigenvalue weighted by atomic mass is 35.5. The Kier molecular flexibility index (Phi) is 5.93. The molecule has 0 spiro atoms. The van der Waals surface area contributed by atoms with Gasteiger partial charge in [0.2, 0.25) is 0 Å². The maximum absolute atomic E-state index is 12.4. The lowest BCUT2D eigenvalue weighted by Crippen LogP contribution is -2.31. The Bertz CT molecular complexity index is 758. The molecular weight excluding hydrogens is 326 g/mol. The molecule has 0 bridgehead atoms. The maximum atomic E-state index is 12.4. The van der Waals surface area contributed by atoms with E-state index in [2.05, 4.69) is 10.3 Å². The second-order valence-electron chi connectivity index (χ2n) is 5.32. The Morgan fingerprint density at radius 1 is 1.17 bits per heavy atom. The molecule has 0 fully saturated rings. The summed E-state index contributed by atoms with van der Waals surface area (Å²) in [5.74, 6) is -0.478. The number of amides is 2. The van der Waals surface area contributed by atoms with Crippen LogP contribution in [0.4, 0.5) is 5.69 Å². The molecule has 1 heterocycles. The van der Waals surface area contributed by atoms with Crippen molar-refractivity contribution in [3.63, 3.8) is 0 Å². The van der Waals surface area contributed by atoms with Crippen molar-refractivity contribution in [2.75, 3.05) is 18.4 Å². The predicted molar refractivity (Wildman–Crippen MR) is 95.6 cm³/mol. The van der Waals surface area contributed by atoms with Crippen LogP contribution in [0.2, 0.25) is 5.02 Å². The van der Waals surface area contributed by atoms with Gasteiger partial charge in [-0.2, -0.15) is 0 Å². The van der Waals surface area contributed by atoms with E-state index in [1.807, 2.05) is 20.8 Å². The molecule has 2 rings (SSSR count). The summed E-state index contributed by atoms with van der Waals surface area (Å²) in [6.07, 6.45) is 1.47. The molecule has 0 atom stereocenters. The van der Waals surface area contributed by atoms with Crippen LogP contribution in [-0.2, 0) is 0 Å². The number of nitrogens with one attached hydrogen (secondary N) is 1. The smallest absolute Gasteiger partial charge is 0.272 e. The number of anilines is 1. The lowest BCUT2D eigenvalue weighted by molar-refractivity contribution is 0.0767. The lowest BCUT2D eigenvalue weighted by atomic mass is 10.1. The highest BCUT2D eigenvalue weighted by molar-refractivity contribution is 6.30. The summed E-state index contributed by atoms with van der Waals surface area (Å²) in [7, 11) is 0. The fraction of sp³-hybridized carbons (Fsp3) is 0.278. The average Bonchev–Trinajstić information content (AvgIpc) is 2.58. The molecule has 0 aliphatic carbocycles. The quantitative estimate of drug-likeness (QED) is 0.897. The summed E-state index contributed by atoms with van der Waals surface area (Å²) in [6, 6.07) is 8.34. The molecule has 2 amide bonds. The van der Waals surface area contributed by atoms with Gasteiger partial charge in [0.1, 0.15) is 5.69 Å². The van der Waals surface area contributed by atoms with Gasteiger partial charge in [-0.15, -0.1) is 0 Å². The molecule has 0 saturated heterocycles. The number of nitrogens with zero attached hydrogens (tertiary/aromatic N) is 2. The predicted octanol–water partition coefficient (Wildman–Crippen LogP) is 3.78. The molecule has 1 N–H and O–H groups in total. The lowest BCUT2D eigenvalue weighted by Gasteiger charge is -2.18. The van der Waals surface area contributed by atoms with Gasteiger partial charge in [0.15, 0.2) is 0 Å². The average molecular weight is 346 g/mol. The Morgan fingerprint density at radius 2 is 1.88 bits per heavy atom. The van der Waals surface area contributed by atoms with Gasteiger partial charge in [-0.1, -0.05) is 11.6 Å². The first kappa shape index (κ1) is 17.9. The number of carbonyl (C=O) groups is 2. The van der Waals surface area contributed by atoms with Gasteiger partial charge in [0.25, 0.3) is 11.8 Å². The normalized spacial score (nSPS) is 10.3. The highest BCUT2D eigenvalue weighted by Gasteiger charge is 2.16. The van der Waals surface area contributed by atoms with E-state index in [1.165, 1.54) is 12.3 Å². The van der Waals surface area contributed by atoms with E-state index in [1.54, 1.807) is 29.2 Å². The van der Waals surface area contributed by atoms with Crippen LogP contribution in [0.1, 0.15) is 40.3 Å². The van der Waals surface area contributed by atoms with Crippen LogP contribution < -0.4 is 5.32 Å². The molecule has 0 unspecified atom stereocenters. The van der Waals surface area contributed by atoms with E-state index in [4.69, 9.17) is 11.6 Å². The van der Waals surface area contributed by atoms with Crippen molar-refractivity contribution in [3.05, 3.63) is 58.4 Å². The third kappa shape index (κ3) is 4.11. The Labute approximate surface area is 146 Å².